The molecule has 0 aliphatic heterocycles. The number of hydrogen-bond donors (Lipinski definition) is 1. The molecule has 3 rings (SSSR count). The zero-order valence-electron chi connectivity index (χ0n) is 13.9. The van der Waals surface area contributed by atoms with Crippen LogP contribution in [0, 0.1) is 0 Å². The summed E-state index contributed by atoms with van der Waals surface area (Å²) in [6.45, 7) is 2.80. The van der Waals surface area contributed by atoms with Gasteiger partial charge in [-0.25, -0.2) is 4.98 Å². The SMILES string of the molecule is CCCOc1ccc(/C=C/C(=O)Nc2nc3c(s2)CCCC3)cc1. The zero-order chi connectivity index (χ0) is 16.8. The van der Waals surface area contributed by atoms with Crippen LogP contribution in [0.15, 0.2) is 30.3 Å². The van der Waals surface area contributed by atoms with Crippen LogP contribution < -0.4 is 10.1 Å². The Morgan fingerprint density at radius 1 is 1.29 bits per heavy atom. The topological polar surface area (TPSA) is 51.2 Å². The molecule has 0 saturated heterocycles. The maximum atomic E-state index is 12.1. The van der Waals surface area contributed by atoms with E-state index >= 15 is 0 Å². The van der Waals surface area contributed by atoms with E-state index in [-0.39, 0.29) is 5.91 Å². The van der Waals surface area contributed by atoms with Crippen LogP contribution in [0.5, 0.6) is 5.75 Å². The number of carbonyl (C=O) groups is 1. The highest BCUT2D eigenvalue weighted by molar-refractivity contribution is 7.15. The molecular weight excluding hydrogens is 320 g/mol. The predicted molar refractivity (Wildman–Crippen MR) is 98.6 cm³/mol. The van der Waals surface area contributed by atoms with Crippen molar-refractivity contribution in [2.75, 3.05) is 11.9 Å². The number of benzene rings is 1. The van der Waals surface area contributed by atoms with Crippen molar-refractivity contribution in [3.05, 3.63) is 46.5 Å². The Kier molecular flexibility index (Phi) is 5.64. The summed E-state index contributed by atoms with van der Waals surface area (Å²) in [4.78, 5) is 17.9. The summed E-state index contributed by atoms with van der Waals surface area (Å²) in [7, 11) is 0. The molecule has 0 unspecified atom stereocenters. The van der Waals surface area contributed by atoms with Gasteiger partial charge in [0.05, 0.1) is 12.3 Å². The Balaban J connectivity index is 1.56. The van der Waals surface area contributed by atoms with Gasteiger partial charge in [0.15, 0.2) is 5.13 Å². The fourth-order valence-electron chi connectivity index (χ4n) is 2.62. The maximum Gasteiger partial charge on any atom is 0.250 e. The highest BCUT2D eigenvalue weighted by atomic mass is 32.1. The first-order valence-electron chi connectivity index (χ1n) is 8.45. The molecule has 0 bridgehead atoms. The van der Waals surface area contributed by atoms with Crippen molar-refractivity contribution in [1.29, 1.82) is 0 Å². The number of fused-ring (bicyclic) bond motifs is 1. The quantitative estimate of drug-likeness (QED) is 0.788. The molecule has 2 aromatic rings. The number of anilines is 1. The summed E-state index contributed by atoms with van der Waals surface area (Å²) in [5, 5.41) is 3.57. The molecule has 126 valence electrons. The van der Waals surface area contributed by atoms with Crippen molar-refractivity contribution in [2.45, 2.75) is 39.0 Å². The van der Waals surface area contributed by atoms with Gasteiger partial charge in [-0.05, 0) is 55.9 Å². The highest BCUT2D eigenvalue weighted by Gasteiger charge is 2.15. The molecule has 5 heteroatoms. The summed E-state index contributed by atoms with van der Waals surface area (Å²) in [6.07, 6.45) is 8.87. The van der Waals surface area contributed by atoms with Gasteiger partial charge in [-0.2, -0.15) is 0 Å². The number of ether oxygens (including phenoxy) is 1. The van der Waals surface area contributed by atoms with Gasteiger partial charge in [0, 0.05) is 11.0 Å². The minimum atomic E-state index is -0.146. The van der Waals surface area contributed by atoms with Crippen LogP contribution in [-0.2, 0) is 17.6 Å². The van der Waals surface area contributed by atoms with Crippen molar-refractivity contribution in [3.63, 3.8) is 0 Å². The van der Waals surface area contributed by atoms with Crippen LogP contribution in [0.4, 0.5) is 5.13 Å². The number of thiazole rings is 1. The van der Waals surface area contributed by atoms with Crippen LogP contribution in [0.3, 0.4) is 0 Å². The Labute approximate surface area is 146 Å². The predicted octanol–water partition coefficient (Wildman–Crippen LogP) is 4.46. The van der Waals surface area contributed by atoms with Crippen LogP contribution in [0.2, 0.25) is 0 Å². The third kappa shape index (κ3) is 4.45. The molecule has 1 aliphatic rings. The van der Waals surface area contributed by atoms with E-state index in [1.165, 1.54) is 17.7 Å². The normalized spacial score (nSPS) is 13.7. The molecule has 1 aromatic heterocycles. The van der Waals surface area contributed by atoms with Crippen molar-refractivity contribution in [2.24, 2.45) is 0 Å². The van der Waals surface area contributed by atoms with Crippen LogP contribution in [0.25, 0.3) is 6.08 Å². The fraction of sp³-hybridized carbons (Fsp3) is 0.368. The Hall–Kier alpha value is -2.14. The highest BCUT2D eigenvalue weighted by Crippen LogP contribution is 2.29. The van der Waals surface area contributed by atoms with Crippen molar-refractivity contribution < 1.29 is 9.53 Å². The van der Waals surface area contributed by atoms with E-state index < -0.39 is 0 Å². The smallest absolute Gasteiger partial charge is 0.250 e. The lowest BCUT2D eigenvalue weighted by Crippen LogP contribution is -2.07. The first-order valence-corrected chi connectivity index (χ1v) is 9.27. The van der Waals surface area contributed by atoms with Crippen LogP contribution >= 0.6 is 11.3 Å². The van der Waals surface area contributed by atoms with Crippen molar-refractivity contribution in [1.82, 2.24) is 4.98 Å². The van der Waals surface area contributed by atoms with E-state index in [9.17, 15) is 4.79 Å². The molecule has 0 saturated carbocycles. The molecule has 24 heavy (non-hydrogen) atoms. The van der Waals surface area contributed by atoms with Gasteiger partial charge in [-0.15, -0.1) is 11.3 Å². The van der Waals surface area contributed by atoms with Gasteiger partial charge in [-0.3, -0.25) is 10.1 Å². The van der Waals surface area contributed by atoms with Gasteiger partial charge in [0.25, 0.3) is 0 Å². The lowest BCUT2D eigenvalue weighted by Gasteiger charge is -2.06. The number of nitrogens with one attached hydrogen (secondary N) is 1. The lowest BCUT2D eigenvalue weighted by molar-refractivity contribution is -0.111. The van der Waals surface area contributed by atoms with Gasteiger partial charge in [-0.1, -0.05) is 19.1 Å². The monoisotopic (exact) mass is 342 g/mol. The molecule has 1 amide bonds. The molecule has 1 N–H and O–H groups in total. The van der Waals surface area contributed by atoms with E-state index in [2.05, 4.69) is 17.2 Å². The second-order valence-corrected chi connectivity index (χ2v) is 6.92. The van der Waals surface area contributed by atoms with Crippen LogP contribution in [-0.4, -0.2) is 17.5 Å². The average Bonchev–Trinajstić information content (AvgIpc) is 3.01. The minimum Gasteiger partial charge on any atom is -0.494 e. The summed E-state index contributed by atoms with van der Waals surface area (Å²) in [6, 6.07) is 7.72. The number of carbonyl (C=O) groups excluding carboxylic acids is 1. The number of aromatic nitrogens is 1. The van der Waals surface area contributed by atoms with E-state index in [0.29, 0.717) is 5.13 Å². The molecule has 0 spiro atoms. The Morgan fingerprint density at radius 2 is 2.08 bits per heavy atom. The van der Waals surface area contributed by atoms with Gasteiger partial charge in [0.2, 0.25) is 5.91 Å². The Morgan fingerprint density at radius 3 is 2.83 bits per heavy atom. The molecule has 0 atom stereocenters. The second-order valence-electron chi connectivity index (χ2n) is 5.84. The van der Waals surface area contributed by atoms with Crippen molar-refractivity contribution in [3.8, 4) is 5.75 Å². The van der Waals surface area contributed by atoms with E-state index in [0.717, 1.165) is 42.9 Å². The van der Waals surface area contributed by atoms with E-state index in [1.807, 2.05) is 24.3 Å². The van der Waals surface area contributed by atoms with Gasteiger partial charge in [0.1, 0.15) is 5.75 Å². The van der Waals surface area contributed by atoms with E-state index in [1.54, 1.807) is 23.5 Å². The summed E-state index contributed by atoms with van der Waals surface area (Å²) >= 11 is 1.60. The molecule has 1 aromatic carbocycles. The zero-order valence-corrected chi connectivity index (χ0v) is 14.7. The molecule has 0 fully saturated rings. The molecule has 0 radical (unpaired) electrons. The first-order chi connectivity index (χ1) is 11.7. The number of amides is 1. The summed E-state index contributed by atoms with van der Waals surface area (Å²) < 4.78 is 5.54. The Bertz CT molecular complexity index is 696. The molecular formula is C19H22N2O2S. The standard InChI is InChI=1S/C19H22N2O2S/c1-2-13-23-15-10-7-14(8-11-15)9-12-18(22)21-19-20-16-5-3-4-6-17(16)24-19/h7-12H,2-6,13H2,1H3,(H,20,21,22)/b12-9+. The third-order valence-corrected chi connectivity index (χ3v) is 4.93. The van der Waals surface area contributed by atoms with Gasteiger partial charge >= 0.3 is 0 Å². The molecule has 4 nitrogen and oxygen atoms in total. The largest absolute Gasteiger partial charge is 0.494 e. The molecule has 1 heterocycles. The van der Waals surface area contributed by atoms with Crippen LogP contribution in [0.1, 0.15) is 42.3 Å². The maximum absolute atomic E-state index is 12.1. The molecule has 1 aliphatic carbocycles. The third-order valence-electron chi connectivity index (χ3n) is 3.86. The summed E-state index contributed by atoms with van der Waals surface area (Å²) in [5.74, 6) is 0.708. The first kappa shape index (κ1) is 16.7. The minimum absolute atomic E-state index is 0.146. The number of aryl methyl sites for hydroxylation is 2. The fourth-order valence-corrected chi connectivity index (χ4v) is 3.67. The average molecular weight is 342 g/mol. The van der Waals surface area contributed by atoms with E-state index in [4.69, 9.17) is 4.74 Å². The van der Waals surface area contributed by atoms with Gasteiger partial charge < -0.3 is 4.74 Å². The number of hydrogen-bond acceptors (Lipinski definition) is 4. The number of nitrogens with zero attached hydrogens (tertiary/aromatic N) is 1. The second kappa shape index (κ2) is 8.11. The number of rotatable bonds is 6. The lowest BCUT2D eigenvalue weighted by atomic mass is 10.0. The summed E-state index contributed by atoms with van der Waals surface area (Å²) in [5.41, 5.74) is 2.13. The van der Waals surface area contributed by atoms with Crippen molar-refractivity contribution >= 4 is 28.5 Å².